The van der Waals surface area contributed by atoms with Crippen molar-refractivity contribution >= 4 is 11.7 Å². The average molecular weight is 302 g/mol. The molecular weight excluding hydrogens is 276 g/mol. The van der Waals surface area contributed by atoms with Crippen molar-refractivity contribution in [3.8, 4) is 0 Å². The van der Waals surface area contributed by atoms with Crippen LogP contribution in [0, 0.1) is 0 Å². The molecule has 0 fully saturated rings. The monoisotopic (exact) mass is 302 g/mol. The molecule has 0 unspecified atom stereocenters. The highest BCUT2D eigenvalue weighted by Crippen LogP contribution is 2.43. The number of hydrogen-bond donors (Lipinski definition) is 2. The Labute approximate surface area is 132 Å². The summed E-state index contributed by atoms with van der Waals surface area (Å²) in [6.45, 7) is 7.61. The van der Waals surface area contributed by atoms with Crippen LogP contribution in [0.2, 0.25) is 0 Å². The molecule has 0 amide bonds. The second kappa shape index (κ2) is 6.29. The fraction of sp³-hybridized carbons (Fsp3) is 0.611. The minimum Gasteiger partial charge on any atom is -0.478 e. The standard InChI is InChI=1S/C18H26N2O2/c1-3-7-20(8-4-2)13-9-12-11-19-16-6-5-14(18(21)22)15(10-13)17(12)16/h5-6,12-13,19H,3-4,7-11H2,1-2H3,(H,21,22)/t12-,13-/m1/s1. The number of benzene rings is 1. The molecule has 0 aromatic heterocycles. The highest BCUT2D eigenvalue weighted by molar-refractivity contribution is 5.91. The number of carbonyl (C=O) groups is 1. The van der Waals surface area contributed by atoms with E-state index in [0.717, 1.165) is 56.6 Å². The lowest BCUT2D eigenvalue weighted by atomic mass is 9.78. The van der Waals surface area contributed by atoms with Crippen LogP contribution in [0.4, 0.5) is 5.69 Å². The van der Waals surface area contributed by atoms with E-state index >= 15 is 0 Å². The molecule has 1 aliphatic carbocycles. The van der Waals surface area contributed by atoms with Gasteiger partial charge >= 0.3 is 5.97 Å². The van der Waals surface area contributed by atoms with Gasteiger partial charge in [-0.1, -0.05) is 13.8 Å². The van der Waals surface area contributed by atoms with E-state index in [1.807, 2.05) is 6.07 Å². The summed E-state index contributed by atoms with van der Waals surface area (Å²) in [5.41, 5.74) is 4.02. The molecule has 2 aliphatic rings. The van der Waals surface area contributed by atoms with Crippen LogP contribution in [0.1, 0.15) is 60.5 Å². The van der Waals surface area contributed by atoms with Gasteiger partial charge in [0.05, 0.1) is 5.56 Å². The largest absolute Gasteiger partial charge is 0.478 e. The van der Waals surface area contributed by atoms with Gasteiger partial charge in [0, 0.05) is 24.2 Å². The molecule has 22 heavy (non-hydrogen) atoms. The maximum absolute atomic E-state index is 11.6. The van der Waals surface area contributed by atoms with Crippen molar-refractivity contribution in [2.45, 2.75) is 51.5 Å². The van der Waals surface area contributed by atoms with Crippen LogP contribution in [0.15, 0.2) is 12.1 Å². The Kier molecular flexibility index (Phi) is 4.39. The first-order valence-electron chi connectivity index (χ1n) is 8.52. The van der Waals surface area contributed by atoms with E-state index in [9.17, 15) is 9.90 Å². The van der Waals surface area contributed by atoms with Gasteiger partial charge in [0.15, 0.2) is 0 Å². The van der Waals surface area contributed by atoms with Gasteiger partial charge in [0.2, 0.25) is 0 Å². The molecule has 1 aromatic rings. The number of aromatic carboxylic acids is 1. The van der Waals surface area contributed by atoms with Crippen LogP contribution >= 0.6 is 0 Å². The zero-order chi connectivity index (χ0) is 15.7. The molecule has 0 bridgehead atoms. The molecule has 0 saturated heterocycles. The number of hydrogen-bond acceptors (Lipinski definition) is 3. The van der Waals surface area contributed by atoms with Gasteiger partial charge in [-0.3, -0.25) is 0 Å². The smallest absolute Gasteiger partial charge is 0.335 e. The van der Waals surface area contributed by atoms with E-state index in [0.29, 0.717) is 17.5 Å². The van der Waals surface area contributed by atoms with E-state index in [-0.39, 0.29) is 0 Å². The lowest BCUT2D eigenvalue weighted by molar-refractivity contribution is 0.0694. The van der Waals surface area contributed by atoms with Gasteiger partial charge in [-0.25, -0.2) is 4.79 Å². The van der Waals surface area contributed by atoms with E-state index in [4.69, 9.17) is 0 Å². The minimum absolute atomic E-state index is 0.472. The number of carboxylic acid groups (broad SMARTS) is 1. The van der Waals surface area contributed by atoms with Gasteiger partial charge in [0.25, 0.3) is 0 Å². The summed E-state index contributed by atoms with van der Waals surface area (Å²) in [4.78, 5) is 14.2. The Morgan fingerprint density at radius 2 is 2.05 bits per heavy atom. The molecule has 4 nitrogen and oxygen atoms in total. The van der Waals surface area contributed by atoms with Crippen molar-refractivity contribution < 1.29 is 9.90 Å². The van der Waals surface area contributed by atoms with Crippen LogP contribution in [0.5, 0.6) is 0 Å². The van der Waals surface area contributed by atoms with Gasteiger partial charge in [0.1, 0.15) is 0 Å². The summed E-state index contributed by atoms with van der Waals surface area (Å²) in [5.74, 6) is -0.319. The van der Waals surface area contributed by atoms with Crippen molar-refractivity contribution in [1.29, 1.82) is 0 Å². The van der Waals surface area contributed by atoms with Gasteiger partial charge < -0.3 is 15.3 Å². The topological polar surface area (TPSA) is 52.6 Å². The van der Waals surface area contributed by atoms with Crippen LogP contribution in [-0.2, 0) is 6.42 Å². The maximum atomic E-state index is 11.6. The summed E-state index contributed by atoms with van der Waals surface area (Å²) >= 11 is 0. The van der Waals surface area contributed by atoms with Crippen molar-refractivity contribution in [3.63, 3.8) is 0 Å². The molecule has 3 rings (SSSR count). The zero-order valence-corrected chi connectivity index (χ0v) is 13.6. The molecule has 0 saturated carbocycles. The molecule has 4 heteroatoms. The van der Waals surface area contributed by atoms with Crippen LogP contribution in [0.25, 0.3) is 0 Å². The van der Waals surface area contributed by atoms with Crippen molar-refractivity contribution in [3.05, 3.63) is 28.8 Å². The summed E-state index contributed by atoms with van der Waals surface area (Å²) in [7, 11) is 0. The maximum Gasteiger partial charge on any atom is 0.335 e. The van der Waals surface area contributed by atoms with E-state index in [1.54, 1.807) is 6.07 Å². The molecule has 0 spiro atoms. The molecule has 2 atom stereocenters. The van der Waals surface area contributed by atoms with Crippen molar-refractivity contribution in [2.75, 3.05) is 25.0 Å². The summed E-state index contributed by atoms with van der Waals surface area (Å²) in [6, 6.07) is 4.20. The number of carboxylic acids is 1. The van der Waals surface area contributed by atoms with Crippen molar-refractivity contribution in [2.24, 2.45) is 0 Å². The number of nitrogens with zero attached hydrogens (tertiary/aromatic N) is 1. The molecule has 2 N–H and O–H groups in total. The highest BCUT2D eigenvalue weighted by Gasteiger charge is 2.36. The highest BCUT2D eigenvalue weighted by atomic mass is 16.4. The predicted octanol–water partition coefficient (Wildman–Crippen LogP) is 3.33. The lowest BCUT2D eigenvalue weighted by Gasteiger charge is -2.37. The Bertz CT molecular complexity index is 564. The normalized spacial score (nSPS) is 22.5. The third-order valence-electron chi connectivity index (χ3n) is 5.07. The first-order valence-corrected chi connectivity index (χ1v) is 8.52. The Balaban J connectivity index is 1.95. The van der Waals surface area contributed by atoms with E-state index < -0.39 is 5.97 Å². The minimum atomic E-state index is -0.790. The summed E-state index contributed by atoms with van der Waals surface area (Å²) in [5, 5.41) is 13.0. The average Bonchev–Trinajstić information content (AvgIpc) is 2.91. The first-order chi connectivity index (χ1) is 10.7. The first kappa shape index (κ1) is 15.3. The van der Waals surface area contributed by atoms with Crippen molar-refractivity contribution in [1.82, 2.24) is 4.90 Å². The third kappa shape index (κ3) is 2.60. The zero-order valence-electron chi connectivity index (χ0n) is 13.6. The Morgan fingerprint density at radius 3 is 2.68 bits per heavy atom. The van der Waals surface area contributed by atoms with E-state index in [1.165, 1.54) is 5.56 Å². The fourth-order valence-corrected chi connectivity index (χ4v) is 4.22. The quantitative estimate of drug-likeness (QED) is 0.846. The second-order valence-electron chi connectivity index (χ2n) is 6.57. The van der Waals surface area contributed by atoms with Crippen LogP contribution in [-0.4, -0.2) is 41.7 Å². The lowest BCUT2D eigenvalue weighted by Crippen LogP contribution is -2.41. The number of anilines is 1. The van der Waals surface area contributed by atoms with Gasteiger partial charge in [-0.15, -0.1) is 0 Å². The van der Waals surface area contributed by atoms with Gasteiger partial charge in [-0.05, 0) is 62.0 Å². The van der Waals surface area contributed by atoms with Crippen LogP contribution < -0.4 is 5.32 Å². The van der Waals surface area contributed by atoms with Gasteiger partial charge in [-0.2, -0.15) is 0 Å². The summed E-state index contributed by atoms with van der Waals surface area (Å²) in [6.07, 6.45) is 4.33. The van der Waals surface area contributed by atoms with E-state index in [2.05, 4.69) is 24.1 Å². The number of rotatable bonds is 6. The Morgan fingerprint density at radius 1 is 1.32 bits per heavy atom. The molecule has 1 heterocycles. The molecule has 120 valence electrons. The second-order valence-corrected chi connectivity index (χ2v) is 6.57. The summed E-state index contributed by atoms with van der Waals surface area (Å²) < 4.78 is 0. The van der Waals surface area contributed by atoms with Crippen LogP contribution in [0.3, 0.4) is 0 Å². The predicted molar refractivity (Wildman–Crippen MR) is 88.9 cm³/mol. The molecule has 1 aliphatic heterocycles. The fourth-order valence-electron chi connectivity index (χ4n) is 4.22. The molecule has 1 aromatic carbocycles. The SMILES string of the molecule is CCCN(CCC)[C@H]1Cc2c(C(=O)O)ccc3c2[C@@H](CN3)C1. The number of nitrogens with one attached hydrogen (secondary N) is 1. The Hall–Kier alpha value is -1.55. The molecule has 0 radical (unpaired) electrons. The molecular formula is C18H26N2O2. The third-order valence-corrected chi connectivity index (χ3v) is 5.07.